The van der Waals surface area contributed by atoms with Crippen molar-refractivity contribution in [2.75, 3.05) is 0 Å². The summed E-state index contributed by atoms with van der Waals surface area (Å²) < 4.78 is 21.3. The van der Waals surface area contributed by atoms with Gasteiger partial charge < -0.3 is 14.9 Å². The molecule has 1 spiro atoms. The number of ether oxygens (including phenoxy) is 1. The van der Waals surface area contributed by atoms with Crippen molar-refractivity contribution in [3.63, 3.8) is 0 Å². The van der Waals surface area contributed by atoms with Crippen LogP contribution in [0.3, 0.4) is 0 Å². The van der Waals surface area contributed by atoms with E-state index in [1.54, 1.807) is 6.07 Å². The standard InChI is InChI=1S/C26H28FN3O3S/c1-13-7-16-17-5-6-25(32)23(34)33-26(17,25)10-20(31)22(16)24(2)9-14-11-29-30(19(14)8-18(13)24)15-3-4-21(27)28-12-15/h3-4,7-8,11-12,16-17,20,22-23,31-32,34H,5-6,9-10H2,1-2H3. The number of thiol groups is 1. The minimum absolute atomic E-state index is 0.0204. The van der Waals surface area contributed by atoms with Gasteiger partial charge in [-0.25, -0.2) is 9.67 Å². The molecular formula is C26H28FN3O3S. The summed E-state index contributed by atoms with van der Waals surface area (Å²) in [6.45, 7) is 4.40. The Morgan fingerprint density at radius 3 is 2.85 bits per heavy atom. The number of nitrogens with zero attached hydrogens (tertiary/aromatic N) is 3. The first-order valence-electron chi connectivity index (χ1n) is 12.0. The Morgan fingerprint density at radius 1 is 1.29 bits per heavy atom. The molecule has 5 aliphatic rings. The molecule has 7 rings (SSSR count). The smallest absolute Gasteiger partial charge is 0.212 e. The largest absolute Gasteiger partial charge is 0.393 e. The molecule has 0 bridgehead atoms. The lowest BCUT2D eigenvalue weighted by Crippen LogP contribution is -2.76. The maximum Gasteiger partial charge on any atom is 0.212 e. The van der Waals surface area contributed by atoms with Crippen LogP contribution >= 0.6 is 12.6 Å². The fourth-order valence-corrected chi connectivity index (χ4v) is 8.74. The van der Waals surface area contributed by atoms with E-state index in [2.05, 4.69) is 48.7 Å². The van der Waals surface area contributed by atoms with Crippen LogP contribution < -0.4 is 0 Å². The van der Waals surface area contributed by atoms with Gasteiger partial charge in [-0.2, -0.15) is 9.49 Å². The zero-order valence-electron chi connectivity index (χ0n) is 19.1. The summed E-state index contributed by atoms with van der Waals surface area (Å²) in [5, 5.41) is 27.5. The quantitative estimate of drug-likeness (QED) is 0.429. The molecular weight excluding hydrogens is 453 g/mol. The molecule has 3 heterocycles. The topological polar surface area (TPSA) is 80.4 Å². The molecule has 8 atom stereocenters. The minimum atomic E-state index is -0.963. The van der Waals surface area contributed by atoms with Gasteiger partial charge >= 0.3 is 0 Å². The van der Waals surface area contributed by atoms with Gasteiger partial charge in [-0.3, -0.25) is 0 Å². The second kappa shape index (κ2) is 6.60. The molecule has 6 nitrogen and oxygen atoms in total. The molecule has 2 aromatic heterocycles. The monoisotopic (exact) mass is 481 g/mol. The van der Waals surface area contributed by atoms with Crippen LogP contribution in [0.2, 0.25) is 0 Å². The van der Waals surface area contributed by atoms with E-state index in [9.17, 15) is 14.6 Å². The number of aromatic nitrogens is 3. The first-order valence-corrected chi connectivity index (χ1v) is 12.6. The maximum atomic E-state index is 13.4. The summed E-state index contributed by atoms with van der Waals surface area (Å²) in [5.74, 6) is -0.210. The first-order chi connectivity index (χ1) is 16.2. The van der Waals surface area contributed by atoms with Gasteiger partial charge in [-0.05, 0) is 67.4 Å². The lowest BCUT2D eigenvalue weighted by molar-refractivity contribution is -0.344. The molecule has 34 heavy (non-hydrogen) atoms. The van der Waals surface area contributed by atoms with Gasteiger partial charge in [0.15, 0.2) is 0 Å². The van der Waals surface area contributed by atoms with Gasteiger partial charge in [0, 0.05) is 17.8 Å². The normalized spacial score (nSPS) is 44.0. The number of aliphatic hydroxyl groups is 2. The van der Waals surface area contributed by atoms with E-state index < -0.39 is 28.7 Å². The van der Waals surface area contributed by atoms with Gasteiger partial charge in [-0.1, -0.05) is 18.6 Å². The van der Waals surface area contributed by atoms with Crippen molar-refractivity contribution < 1.29 is 19.3 Å². The van der Waals surface area contributed by atoms with Gasteiger partial charge in [-0.15, -0.1) is 12.6 Å². The summed E-state index contributed by atoms with van der Waals surface area (Å²) in [5.41, 5.74) is 2.79. The molecule has 3 fully saturated rings. The number of hydrogen-bond acceptors (Lipinski definition) is 6. The molecule has 178 valence electrons. The van der Waals surface area contributed by atoms with Crippen LogP contribution in [0.4, 0.5) is 4.39 Å². The van der Waals surface area contributed by atoms with Crippen LogP contribution in [0.25, 0.3) is 11.8 Å². The molecule has 1 aliphatic heterocycles. The molecule has 8 unspecified atom stereocenters. The summed E-state index contributed by atoms with van der Waals surface area (Å²) >= 11 is 4.47. The molecule has 2 saturated carbocycles. The first kappa shape index (κ1) is 21.3. The third-order valence-electron chi connectivity index (χ3n) is 9.60. The Bertz CT molecular complexity index is 1270. The van der Waals surface area contributed by atoms with Crippen molar-refractivity contribution in [1.82, 2.24) is 14.8 Å². The maximum absolute atomic E-state index is 13.4. The third kappa shape index (κ3) is 2.38. The van der Waals surface area contributed by atoms with Crippen molar-refractivity contribution in [2.45, 2.75) is 62.3 Å². The zero-order valence-corrected chi connectivity index (χ0v) is 20.0. The fourth-order valence-electron chi connectivity index (χ4n) is 8.21. The number of allylic oxidation sites excluding steroid dienone is 3. The molecule has 8 heteroatoms. The highest BCUT2D eigenvalue weighted by Crippen LogP contribution is 2.69. The summed E-state index contributed by atoms with van der Waals surface area (Å²) in [7, 11) is 0. The number of rotatable bonds is 1. The van der Waals surface area contributed by atoms with Crippen LogP contribution in [0.15, 0.2) is 41.7 Å². The lowest BCUT2D eigenvalue weighted by atomic mass is 9.48. The van der Waals surface area contributed by atoms with E-state index >= 15 is 0 Å². The third-order valence-corrected chi connectivity index (χ3v) is 10.1. The molecule has 2 aromatic rings. The number of hydrogen-bond donors (Lipinski definition) is 3. The van der Waals surface area contributed by atoms with Gasteiger partial charge in [0.1, 0.15) is 16.6 Å². The predicted molar refractivity (Wildman–Crippen MR) is 127 cm³/mol. The number of pyridine rings is 1. The highest BCUT2D eigenvalue weighted by atomic mass is 32.1. The van der Waals surface area contributed by atoms with Gasteiger partial charge in [0.2, 0.25) is 5.95 Å². The Morgan fingerprint density at radius 2 is 2.12 bits per heavy atom. The number of fused-ring (bicyclic) bond motifs is 5. The van der Waals surface area contributed by atoms with Crippen LogP contribution in [0, 0.1) is 29.1 Å². The van der Waals surface area contributed by atoms with Gasteiger partial charge in [0.25, 0.3) is 0 Å². The summed E-state index contributed by atoms with van der Waals surface area (Å²) in [6.07, 6.45) is 10.0. The van der Waals surface area contributed by atoms with Crippen LogP contribution in [-0.4, -0.2) is 47.7 Å². The summed E-state index contributed by atoms with van der Waals surface area (Å²) in [4.78, 5) is 3.79. The Hall–Kier alpha value is -2.00. The van der Waals surface area contributed by atoms with Crippen LogP contribution in [0.5, 0.6) is 0 Å². The average Bonchev–Trinajstić information content (AvgIpc) is 3.29. The predicted octanol–water partition coefficient (Wildman–Crippen LogP) is 3.48. The molecule has 0 amide bonds. The van der Waals surface area contributed by atoms with Crippen molar-refractivity contribution in [3.05, 3.63) is 59.0 Å². The molecule has 2 N–H and O–H groups in total. The van der Waals surface area contributed by atoms with E-state index in [1.165, 1.54) is 23.4 Å². The van der Waals surface area contributed by atoms with Crippen LogP contribution in [-0.2, 0) is 11.2 Å². The van der Waals surface area contributed by atoms with E-state index in [4.69, 9.17) is 4.74 Å². The molecule has 4 aliphatic carbocycles. The Kier molecular flexibility index (Phi) is 4.14. The van der Waals surface area contributed by atoms with Crippen molar-refractivity contribution in [2.24, 2.45) is 23.2 Å². The second-order valence-corrected chi connectivity index (χ2v) is 11.6. The van der Waals surface area contributed by atoms with Crippen molar-refractivity contribution >= 4 is 18.7 Å². The Balaban J connectivity index is 1.33. The SMILES string of the molecule is CC1=CC2C(C(O)CC34OC(S)C3(O)CCC24)C2(C)Cc3cnn(-c4ccc(F)nc4)c3C=C12. The Labute approximate surface area is 202 Å². The number of aliphatic hydroxyl groups excluding tert-OH is 1. The van der Waals surface area contributed by atoms with E-state index in [0.717, 1.165) is 24.1 Å². The van der Waals surface area contributed by atoms with E-state index in [0.29, 0.717) is 18.5 Å². The number of halogens is 1. The zero-order chi connectivity index (χ0) is 23.6. The second-order valence-electron chi connectivity index (χ2n) is 11.1. The molecule has 0 aromatic carbocycles. The van der Waals surface area contributed by atoms with E-state index in [1.807, 2.05) is 10.9 Å². The lowest BCUT2D eigenvalue weighted by Gasteiger charge is -2.65. The molecule has 0 radical (unpaired) electrons. The van der Waals surface area contributed by atoms with Crippen LogP contribution in [0.1, 0.15) is 44.4 Å². The summed E-state index contributed by atoms with van der Waals surface area (Å²) in [6, 6.07) is 3.02. The highest BCUT2D eigenvalue weighted by molar-refractivity contribution is 7.80. The minimum Gasteiger partial charge on any atom is -0.393 e. The van der Waals surface area contributed by atoms with Crippen molar-refractivity contribution in [1.29, 1.82) is 0 Å². The highest BCUT2D eigenvalue weighted by Gasteiger charge is 2.76. The van der Waals surface area contributed by atoms with Crippen molar-refractivity contribution in [3.8, 4) is 5.69 Å². The van der Waals surface area contributed by atoms with E-state index in [-0.39, 0.29) is 23.2 Å². The molecule has 1 saturated heterocycles. The average molecular weight is 482 g/mol. The fraction of sp³-hybridized carbons (Fsp3) is 0.538. The van der Waals surface area contributed by atoms with Gasteiger partial charge in [0.05, 0.1) is 29.9 Å².